The molecule has 0 spiro atoms. The maximum atomic E-state index is 13.0. The minimum atomic E-state index is -1.28. The predicted molar refractivity (Wildman–Crippen MR) is 117 cm³/mol. The number of aliphatic carboxylic acids is 1. The molecule has 0 radical (unpaired) electrons. The molecule has 10 nitrogen and oxygen atoms in total. The fourth-order valence-electron chi connectivity index (χ4n) is 2.93. The first-order chi connectivity index (χ1) is 15.8. The molecular formula is C23H19N3O7. The number of nitrogens with one attached hydrogen (secondary N) is 2. The van der Waals surface area contributed by atoms with Gasteiger partial charge < -0.3 is 20.2 Å². The number of amides is 2. The zero-order valence-corrected chi connectivity index (χ0v) is 17.1. The standard InChI is InChI=1S/C23H19N3O7/c27-21(25-19(23(29)30)13-15-6-2-1-3-7-15)18(24-22(28)20-10-5-11-33-20)14-16-8-4-9-17(12-16)26(31)32/h1-12,14,19H,13H2,(H,24,28)(H,25,27)(H,29,30)/b18-14+/t19-/m0/s1. The molecule has 1 atom stereocenters. The van der Waals surface area contributed by atoms with E-state index in [0.29, 0.717) is 5.56 Å². The first-order valence-corrected chi connectivity index (χ1v) is 9.72. The molecule has 0 fully saturated rings. The average Bonchev–Trinajstić information content (AvgIpc) is 3.34. The SMILES string of the molecule is O=C(N[C@@H](Cc1ccccc1)C(=O)O)/C(=C\c1cccc([N+](=O)[O-])c1)NC(=O)c1ccco1. The van der Waals surface area contributed by atoms with Gasteiger partial charge in [-0.25, -0.2) is 4.79 Å². The number of hydrogen-bond donors (Lipinski definition) is 3. The minimum Gasteiger partial charge on any atom is -0.480 e. The van der Waals surface area contributed by atoms with Crippen molar-refractivity contribution in [1.29, 1.82) is 0 Å². The van der Waals surface area contributed by atoms with E-state index >= 15 is 0 Å². The van der Waals surface area contributed by atoms with E-state index in [2.05, 4.69) is 10.6 Å². The van der Waals surface area contributed by atoms with Gasteiger partial charge in [-0.15, -0.1) is 0 Å². The molecule has 1 aromatic heterocycles. The van der Waals surface area contributed by atoms with Crippen LogP contribution in [0.4, 0.5) is 5.69 Å². The van der Waals surface area contributed by atoms with E-state index < -0.39 is 28.7 Å². The highest BCUT2D eigenvalue weighted by molar-refractivity contribution is 6.05. The number of nitrogens with zero attached hydrogens (tertiary/aromatic N) is 1. The summed E-state index contributed by atoms with van der Waals surface area (Å²) in [6, 6.07) is 15.7. The third-order valence-electron chi connectivity index (χ3n) is 4.52. The Labute approximate surface area is 187 Å². The second-order valence-electron chi connectivity index (χ2n) is 6.90. The van der Waals surface area contributed by atoms with Crippen LogP contribution in [0.1, 0.15) is 21.7 Å². The van der Waals surface area contributed by atoms with Crippen molar-refractivity contribution in [2.75, 3.05) is 0 Å². The lowest BCUT2D eigenvalue weighted by Crippen LogP contribution is -2.45. The number of hydrogen-bond acceptors (Lipinski definition) is 6. The Morgan fingerprint density at radius 1 is 1.06 bits per heavy atom. The average molecular weight is 449 g/mol. The quantitative estimate of drug-likeness (QED) is 0.258. The predicted octanol–water partition coefficient (Wildman–Crippen LogP) is 2.77. The van der Waals surface area contributed by atoms with Crippen molar-refractivity contribution >= 4 is 29.5 Å². The van der Waals surface area contributed by atoms with Gasteiger partial charge in [0.2, 0.25) is 0 Å². The number of carbonyl (C=O) groups is 3. The van der Waals surface area contributed by atoms with Crippen molar-refractivity contribution in [1.82, 2.24) is 10.6 Å². The second kappa shape index (κ2) is 10.5. The first-order valence-electron chi connectivity index (χ1n) is 9.72. The highest BCUT2D eigenvalue weighted by Crippen LogP contribution is 2.16. The number of nitro groups is 1. The third kappa shape index (κ3) is 6.37. The molecule has 10 heteroatoms. The fraction of sp³-hybridized carbons (Fsp3) is 0.0870. The van der Waals surface area contributed by atoms with Gasteiger partial charge in [-0.1, -0.05) is 42.5 Å². The van der Waals surface area contributed by atoms with Crippen LogP contribution in [0.5, 0.6) is 0 Å². The van der Waals surface area contributed by atoms with Gasteiger partial charge in [0.05, 0.1) is 11.2 Å². The fourth-order valence-corrected chi connectivity index (χ4v) is 2.93. The Morgan fingerprint density at radius 2 is 1.82 bits per heavy atom. The Balaban J connectivity index is 1.89. The number of carbonyl (C=O) groups excluding carboxylic acids is 2. The summed E-state index contributed by atoms with van der Waals surface area (Å²) in [4.78, 5) is 47.6. The van der Waals surface area contributed by atoms with E-state index in [1.165, 1.54) is 48.7 Å². The highest BCUT2D eigenvalue weighted by atomic mass is 16.6. The van der Waals surface area contributed by atoms with Crippen molar-refractivity contribution in [3.8, 4) is 0 Å². The second-order valence-corrected chi connectivity index (χ2v) is 6.90. The molecule has 0 aliphatic heterocycles. The van der Waals surface area contributed by atoms with Crippen molar-refractivity contribution in [3.63, 3.8) is 0 Å². The lowest BCUT2D eigenvalue weighted by Gasteiger charge is -2.16. The maximum absolute atomic E-state index is 13.0. The van der Waals surface area contributed by atoms with Gasteiger partial charge >= 0.3 is 5.97 Å². The van der Waals surface area contributed by atoms with E-state index in [1.54, 1.807) is 30.3 Å². The van der Waals surface area contributed by atoms with Crippen LogP contribution in [0.3, 0.4) is 0 Å². The van der Waals surface area contributed by atoms with Crippen LogP contribution in [-0.2, 0) is 16.0 Å². The summed E-state index contributed by atoms with van der Waals surface area (Å²) < 4.78 is 5.02. The molecule has 0 aliphatic carbocycles. The summed E-state index contributed by atoms with van der Waals surface area (Å²) >= 11 is 0. The van der Waals surface area contributed by atoms with Gasteiger partial charge in [0, 0.05) is 18.6 Å². The Bertz CT molecular complexity index is 1190. The number of non-ortho nitro benzene ring substituents is 1. The summed E-state index contributed by atoms with van der Waals surface area (Å²) in [5.41, 5.74) is 0.419. The molecule has 0 saturated heterocycles. The molecular weight excluding hydrogens is 430 g/mol. The monoisotopic (exact) mass is 449 g/mol. The summed E-state index contributed by atoms with van der Waals surface area (Å²) in [6.45, 7) is 0. The number of benzene rings is 2. The largest absolute Gasteiger partial charge is 0.480 e. The van der Waals surface area contributed by atoms with E-state index in [0.717, 1.165) is 0 Å². The topological polar surface area (TPSA) is 152 Å². The van der Waals surface area contributed by atoms with Crippen LogP contribution < -0.4 is 10.6 Å². The first kappa shape index (κ1) is 22.9. The molecule has 3 rings (SSSR count). The van der Waals surface area contributed by atoms with Gasteiger partial charge in [0.15, 0.2) is 5.76 Å². The Hall–Kier alpha value is -4.73. The van der Waals surface area contributed by atoms with E-state index in [9.17, 15) is 29.6 Å². The number of furan rings is 1. The van der Waals surface area contributed by atoms with Crippen molar-refractivity contribution in [3.05, 3.63) is 106 Å². The molecule has 1 heterocycles. The summed E-state index contributed by atoms with van der Waals surface area (Å²) in [5.74, 6) is -2.97. The molecule has 0 unspecified atom stereocenters. The van der Waals surface area contributed by atoms with Crippen LogP contribution in [0, 0.1) is 10.1 Å². The lowest BCUT2D eigenvalue weighted by molar-refractivity contribution is -0.384. The van der Waals surface area contributed by atoms with Gasteiger partial charge in [0.25, 0.3) is 17.5 Å². The lowest BCUT2D eigenvalue weighted by atomic mass is 10.1. The van der Waals surface area contributed by atoms with Gasteiger partial charge in [-0.05, 0) is 29.3 Å². The Morgan fingerprint density at radius 3 is 2.45 bits per heavy atom. The molecule has 3 aromatic rings. The van der Waals surface area contributed by atoms with E-state index in [4.69, 9.17) is 4.42 Å². The molecule has 3 N–H and O–H groups in total. The van der Waals surface area contributed by atoms with Crippen LogP contribution in [0.2, 0.25) is 0 Å². The number of carboxylic acid groups (broad SMARTS) is 1. The van der Waals surface area contributed by atoms with Gasteiger partial charge in [-0.2, -0.15) is 0 Å². The zero-order chi connectivity index (χ0) is 23.8. The van der Waals surface area contributed by atoms with Crippen molar-refractivity contribution < 1.29 is 28.8 Å². The van der Waals surface area contributed by atoms with Crippen LogP contribution in [0.25, 0.3) is 6.08 Å². The summed E-state index contributed by atoms with van der Waals surface area (Å²) in [5, 5.41) is 25.4. The molecule has 33 heavy (non-hydrogen) atoms. The normalized spacial score (nSPS) is 11.9. The van der Waals surface area contributed by atoms with E-state index in [1.807, 2.05) is 0 Å². The van der Waals surface area contributed by atoms with E-state index in [-0.39, 0.29) is 29.1 Å². The van der Waals surface area contributed by atoms with Crippen LogP contribution >= 0.6 is 0 Å². The molecule has 2 amide bonds. The number of rotatable bonds is 9. The molecule has 0 bridgehead atoms. The van der Waals surface area contributed by atoms with Crippen LogP contribution in [0.15, 0.2) is 83.1 Å². The summed E-state index contributed by atoms with van der Waals surface area (Å²) in [6.07, 6.45) is 2.50. The molecule has 0 aliphatic rings. The Kier molecular flexibility index (Phi) is 7.32. The highest BCUT2D eigenvalue weighted by Gasteiger charge is 2.24. The minimum absolute atomic E-state index is 0.0120. The van der Waals surface area contributed by atoms with Crippen molar-refractivity contribution in [2.45, 2.75) is 12.5 Å². The summed E-state index contributed by atoms with van der Waals surface area (Å²) in [7, 11) is 0. The molecule has 2 aromatic carbocycles. The number of nitro benzene ring substituents is 1. The van der Waals surface area contributed by atoms with Crippen LogP contribution in [-0.4, -0.2) is 33.9 Å². The maximum Gasteiger partial charge on any atom is 0.326 e. The number of carboxylic acids is 1. The smallest absolute Gasteiger partial charge is 0.326 e. The zero-order valence-electron chi connectivity index (χ0n) is 17.1. The molecule has 0 saturated carbocycles. The van der Waals surface area contributed by atoms with Crippen molar-refractivity contribution in [2.24, 2.45) is 0 Å². The molecule has 168 valence electrons. The van der Waals surface area contributed by atoms with Gasteiger partial charge in [-0.3, -0.25) is 19.7 Å². The third-order valence-corrected chi connectivity index (χ3v) is 4.52. The van der Waals surface area contributed by atoms with Gasteiger partial charge in [0.1, 0.15) is 11.7 Å².